The molecule has 0 bridgehead atoms. The second-order valence-electron chi connectivity index (χ2n) is 5.66. The maximum Gasteiger partial charge on any atom is 0.419 e. The fourth-order valence-corrected chi connectivity index (χ4v) is 3.49. The second kappa shape index (κ2) is 5.94. The van der Waals surface area contributed by atoms with Crippen molar-refractivity contribution in [2.45, 2.75) is 18.9 Å². The van der Waals surface area contributed by atoms with Gasteiger partial charge in [0.1, 0.15) is 5.75 Å². The largest absolute Gasteiger partial charge is 0.482 e. The average Bonchev–Trinajstić information content (AvgIpc) is 3.00. The summed E-state index contributed by atoms with van der Waals surface area (Å²) in [6.07, 6.45) is 0.877. The predicted octanol–water partition coefficient (Wildman–Crippen LogP) is 4.48. The summed E-state index contributed by atoms with van der Waals surface area (Å²) < 4.78 is 13.6. The number of rotatable bonds is 1. The zero-order chi connectivity index (χ0) is 16.7. The highest BCUT2D eigenvalue weighted by Crippen LogP contribution is 2.36. The molecule has 0 radical (unpaired) electrons. The van der Waals surface area contributed by atoms with E-state index in [2.05, 4.69) is 27.0 Å². The SMILES string of the molecule is COC(=O)n1c(C2CCc3cc(Br)ccc3O2)nc2ccccc21. The Morgan fingerprint density at radius 2 is 2.17 bits per heavy atom. The summed E-state index contributed by atoms with van der Waals surface area (Å²) in [7, 11) is 1.37. The van der Waals surface area contributed by atoms with Crippen LogP contribution in [0.3, 0.4) is 0 Å². The molecule has 0 saturated carbocycles. The minimum atomic E-state index is -0.455. The van der Waals surface area contributed by atoms with Gasteiger partial charge in [-0.2, -0.15) is 0 Å². The number of imidazole rings is 1. The van der Waals surface area contributed by atoms with E-state index in [1.807, 2.05) is 36.4 Å². The van der Waals surface area contributed by atoms with Crippen molar-refractivity contribution >= 4 is 33.1 Å². The van der Waals surface area contributed by atoms with E-state index in [0.717, 1.165) is 39.7 Å². The van der Waals surface area contributed by atoms with Gasteiger partial charge in [0, 0.05) is 4.47 Å². The van der Waals surface area contributed by atoms with Crippen molar-refractivity contribution in [3.05, 3.63) is 58.3 Å². The first kappa shape index (κ1) is 15.2. The molecule has 0 spiro atoms. The van der Waals surface area contributed by atoms with Gasteiger partial charge in [-0.15, -0.1) is 0 Å². The fraction of sp³-hybridized carbons (Fsp3) is 0.222. The third-order valence-corrected chi connectivity index (χ3v) is 4.69. The van der Waals surface area contributed by atoms with E-state index in [-0.39, 0.29) is 6.10 Å². The van der Waals surface area contributed by atoms with Gasteiger partial charge in [-0.05, 0) is 48.7 Å². The maximum absolute atomic E-state index is 12.3. The van der Waals surface area contributed by atoms with Crippen LogP contribution in [0, 0.1) is 0 Å². The van der Waals surface area contributed by atoms with Crippen molar-refractivity contribution in [1.29, 1.82) is 0 Å². The number of carbonyl (C=O) groups is 1. The lowest BCUT2D eigenvalue weighted by atomic mass is 10.0. The average molecular weight is 387 g/mol. The van der Waals surface area contributed by atoms with Crippen LogP contribution in [0.15, 0.2) is 46.9 Å². The van der Waals surface area contributed by atoms with Gasteiger partial charge < -0.3 is 9.47 Å². The minimum Gasteiger partial charge on any atom is -0.482 e. The summed E-state index contributed by atoms with van der Waals surface area (Å²) in [4.78, 5) is 16.9. The van der Waals surface area contributed by atoms with Crippen molar-refractivity contribution in [2.75, 3.05) is 7.11 Å². The number of hydrogen-bond donors (Lipinski definition) is 0. The third kappa shape index (κ3) is 2.47. The Labute approximate surface area is 147 Å². The van der Waals surface area contributed by atoms with Gasteiger partial charge in [-0.3, -0.25) is 0 Å². The standard InChI is InChI=1S/C18H15BrN2O3/c1-23-18(22)21-14-5-3-2-4-13(14)20-17(21)16-8-6-11-10-12(19)7-9-15(11)24-16/h2-5,7,9-10,16H,6,8H2,1H3. The zero-order valence-corrected chi connectivity index (χ0v) is 14.6. The number of benzene rings is 2. The van der Waals surface area contributed by atoms with Crippen LogP contribution in [0.4, 0.5) is 4.79 Å². The Morgan fingerprint density at radius 3 is 3.00 bits per heavy atom. The first-order chi connectivity index (χ1) is 11.7. The molecule has 0 N–H and O–H groups in total. The van der Waals surface area contributed by atoms with E-state index in [9.17, 15) is 4.79 Å². The van der Waals surface area contributed by atoms with E-state index in [0.29, 0.717) is 5.82 Å². The summed E-state index contributed by atoms with van der Waals surface area (Å²) in [5, 5.41) is 0. The molecule has 122 valence electrons. The monoisotopic (exact) mass is 386 g/mol. The van der Waals surface area contributed by atoms with Gasteiger partial charge in [0.05, 0.1) is 18.1 Å². The molecule has 0 aliphatic carbocycles. The van der Waals surface area contributed by atoms with Crippen LogP contribution < -0.4 is 4.74 Å². The van der Waals surface area contributed by atoms with Crippen LogP contribution in [-0.4, -0.2) is 22.8 Å². The van der Waals surface area contributed by atoms with Crippen LogP contribution >= 0.6 is 15.9 Å². The number of methoxy groups -OCH3 is 1. The van der Waals surface area contributed by atoms with E-state index in [1.165, 1.54) is 11.7 Å². The van der Waals surface area contributed by atoms with Crippen molar-refractivity contribution in [1.82, 2.24) is 9.55 Å². The number of nitrogens with zero attached hydrogens (tertiary/aromatic N) is 2. The fourth-order valence-electron chi connectivity index (χ4n) is 3.08. The number of ether oxygens (including phenoxy) is 2. The second-order valence-corrected chi connectivity index (χ2v) is 6.58. The normalized spacial score (nSPS) is 16.5. The van der Waals surface area contributed by atoms with Gasteiger partial charge in [0.2, 0.25) is 0 Å². The highest BCUT2D eigenvalue weighted by molar-refractivity contribution is 9.10. The Balaban J connectivity index is 1.79. The lowest BCUT2D eigenvalue weighted by Gasteiger charge is -2.26. The van der Waals surface area contributed by atoms with Crippen molar-refractivity contribution in [3.63, 3.8) is 0 Å². The van der Waals surface area contributed by atoms with E-state index in [4.69, 9.17) is 9.47 Å². The van der Waals surface area contributed by atoms with E-state index < -0.39 is 6.09 Å². The van der Waals surface area contributed by atoms with E-state index in [1.54, 1.807) is 0 Å². The highest BCUT2D eigenvalue weighted by Gasteiger charge is 2.29. The summed E-state index contributed by atoms with van der Waals surface area (Å²) in [5.74, 6) is 1.41. The van der Waals surface area contributed by atoms with Gasteiger partial charge in [-0.25, -0.2) is 14.3 Å². The molecule has 1 aliphatic rings. The Bertz CT molecular complexity index is 935. The molecule has 0 amide bonds. The molecule has 4 rings (SSSR count). The zero-order valence-electron chi connectivity index (χ0n) is 13.0. The summed E-state index contributed by atoms with van der Waals surface area (Å²) >= 11 is 3.48. The highest BCUT2D eigenvalue weighted by atomic mass is 79.9. The molecule has 2 aromatic carbocycles. The number of halogens is 1. The van der Waals surface area contributed by atoms with Crippen LogP contribution in [0.5, 0.6) is 5.75 Å². The molecule has 2 heterocycles. The Hall–Kier alpha value is -2.34. The minimum absolute atomic E-state index is 0.287. The molecule has 6 heteroatoms. The Morgan fingerprint density at radius 1 is 1.33 bits per heavy atom. The topological polar surface area (TPSA) is 53.4 Å². The third-order valence-electron chi connectivity index (χ3n) is 4.20. The Kier molecular flexibility index (Phi) is 3.76. The molecule has 1 unspecified atom stereocenters. The number of hydrogen-bond acceptors (Lipinski definition) is 4. The van der Waals surface area contributed by atoms with Gasteiger partial charge in [0.15, 0.2) is 11.9 Å². The van der Waals surface area contributed by atoms with Crippen LogP contribution in [0.25, 0.3) is 11.0 Å². The number of fused-ring (bicyclic) bond motifs is 2. The van der Waals surface area contributed by atoms with Crippen LogP contribution in [0.1, 0.15) is 23.9 Å². The first-order valence-electron chi connectivity index (χ1n) is 7.68. The lowest BCUT2D eigenvalue weighted by molar-refractivity contribution is 0.150. The van der Waals surface area contributed by atoms with Crippen LogP contribution in [0.2, 0.25) is 0 Å². The quantitative estimate of drug-likeness (QED) is 0.618. The number of aryl methyl sites for hydroxylation is 1. The van der Waals surface area contributed by atoms with E-state index >= 15 is 0 Å². The molecule has 1 aromatic heterocycles. The first-order valence-corrected chi connectivity index (χ1v) is 8.47. The molecule has 0 saturated heterocycles. The summed E-state index contributed by atoms with van der Waals surface area (Å²) in [6.45, 7) is 0. The summed E-state index contributed by atoms with van der Waals surface area (Å²) in [6, 6.07) is 13.5. The molecule has 1 atom stereocenters. The van der Waals surface area contributed by atoms with Crippen molar-refractivity contribution in [3.8, 4) is 5.75 Å². The lowest BCUT2D eigenvalue weighted by Crippen LogP contribution is -2.23. The predicted molar refractivity (Wildman–Crippen MR) is 93.4 cm³/mol. The molecular weight excluding hydrogens is 372 g/mol. The number of para-hydroxylation sites is 2. The molecule has 3 aromatic rings. The molecule has 24 heavy (non-hydrogen) atoms. The van der Waals surface area contributed by atoms with Gasteiger partial charge in [-0.1, -0.05) is 28.1 Å². The van der Waals surface area contributed by atoms with Crippen molar-refractivity contribution < 1.29 is 14.3 Å². The van der Waals surface area contributed by atoms with Gasteiger partial charge >= 0.3 is 6.09 Å². The van der Waals surface area contributed by atoms with Crippen molar-refractivity contribution in [2.24, 2.45) is 0 Å². The molecule has 1 aliphatic heterocycles. The number of carbonyl (C=O) groups excluding carboxylic acids is 1. The number of aromatic nitrogens is 2. The molecule has 5 nitrogen and oxygen atoms in total. The molecular formula is C18H15BrN2O3. The van der Waals surface area contributed by atoms with Crippen LogP contribution in [-0.2, 0) is 11.2 Å². The molecule has 0 fully saturated rings. The van der Waals surface area contributed by atoms with Gasteiger partial charge in [0.25, 0.3) is 0 Å². The maximum atomic E-state index is 12.3. The smallest absolute Gasteiger partial charge is 0.419 e. The summed E-state index contributed by atoms with van der Waals surface area (Å²) in [5.41, 5.74) is 2.63.